The Bertz CT molecular complexity index is 1320. The summed E-state index contributed by atoms with van der Waals surface area (Å²) in [5.41, 5.74) is 0.730. The van der Waals surface area contributed by atoms with Gasteiger partial charge in [0.25, 0.3) is 5.91 Å². The second kappa shape index (κ2) is 10.5. The highest BCUT2D eigenvalue weighted by Crippen LogP contribution is 2.32. The second-order valence-corrected chi connectivity index (χ2v) is 7.82. The van der Waals surface area contributed by atoms with E-state index in [0.29, 0.717) is 23.5 Å². The summed E-state index contributed by atoms with van der Waals surface area (Å²) < 4.78 is 54.7. The summed E-state index contributed by atoms with van der Waals surface area (Å²) in [6, 6.07) is 17.7. The zero-order valence-electron chi connectivity index (χ0n) is 19.4. The minimum Gasteiger partial charge on any atom is -0.493 e. The number of hydrogen-bond donors (Lipinski definition) is 1. The minimum atomic E-state index is -4.49. The van der Waals surface area contributed by atoms with E-state index in [0.717, 1.165) is 29.8 Å². The SMILES string of the molecule is COc1ccc(-c2noc([C@H](Cc3ccccc3)NC(=O)c3ccc(C(F)(F)F)cc3)n2)cc1OC. The summed E-state index contributed by atoms with van der Waals surface area (Å²) in [6.45, 7) is 0. The summed E-state index contributed by atoms with van der Waals surface area (Å²) in [5.74, 6) is 0.862. The van der Waals surface area contributed by atoms with Crippen LogP contribution < -0.4 is 14.8 Å². The molecule has 4 rings (SSSR count). The number of aromatic nitrogens is 2. The summed E-state index contributed by atoms with van der Waals surface area (Å²) in [7, 11) is 3.04. The number of amides is 1. The van der Waals surface area contributed by atoms with Gasteiger partial charge in [0.15, 0.2) is 11.5 Å². The maximum absolute atomic E-state index is 12.9. The molecule has 1 N–H and O–H groups in total. The molecule has 36 heavy (non-hydrogen) atoms. The molecule has 0 saturated heterocycles. The average Bonchev–Trinajstić information content (AvgIpc) is 3.38. The Morgan fingerprint density at radius 1 is 0.972 bits per heavy atom. The molecule has 7 nitrogen and oxygen atoms in total. The molecular weight excluding hydrogens is 475 g/mol. The summed E-state index contributed by atoms with van der Waals surface area (Å²) in [4.78, 5) is 17.4. The van der Waals surface area contributed by atoms with Crippen LogP contribution >= 0.6 is 0 Å². The number of ether oxygens (including phenoxy) is 2. The van der Waals surface area contributed by atoms with E-state index in [1.807, 2.05) is 30.3 Å². The van der Waals surface area contributed by atoms with E-state index < -0.39 is 23.7 Å². The van der Waals surface area contributed by atoms with Gasteiger partial charge in [-0.05, 0) is 48.0 Å². The molecule has 1 heterocycles. The van der Waals surface area contributed by atoms with Crippen molar-refractivity contribution in [2.24, 2.45) is 0 Å². The fourth-order valence-electron chi connectivity index (χ4n) is 3.57. The largest absolute Gasteiger partial charge is 0.493 e. The lowest BCUT2D eigenvalue weighted by atomic mass is 10.0. The third-order valence-corrected chi connectivity index (χ3v) is 5.44. The van der Waals surface area contributed by atoms with E-state index in [1.165, 1.54) is 14.2 Å². The molecule has 3 aromatic carbocycles. The number of alkyl halides is 3. The molecule has 186 valence electrons. The number of methoxy groups -OCH3 is 2. The van der Waals surface area contributed by atoms with Gasteiger partial charge in [-0.1, -0.05) is 35.5 Å². The Morgan fingerprint density at radius 2 is 1.67 bits per heavy atom. The third kappa shape index (κ3) is 5.65. The molecule has 0 radical (unpaired) electrons. The Hall–Kier alpha value is -4.34. The fraction of sp³-hybridized carbons (Fsp3) is 0.192. The van der Waals surface area contributed by atoms with E-state index in [2.05, 4.69) is 15.5 Å². The molecule has 0 spiro atoms. The Kier molecular flexibility index (Phi) is 7.23. The Labute approximate surface area is 204 Å². The lowest BCUT2D eigenvalue weighted by molar-refractivity contribution is -0.137. The molecule has 0 aliphatic heterocycles. The van der Waals surface area contributed by atoms with E-state index in [1.54, 1.807) is 18.2 Å². The van der Waals surface area contributed by atoms with Gasteiger partial charge in [0.1, 0.15) is 6.04 Å². The number of benzene rings is 3. The molecule has 0 unspecified atom stereocenters. The fourth-order valence-corrected chi connectivity index (χ4v) is 3.57. The van der Waals surface area contributed by atoms with Crippen LogP contribution in [0.2, 0.25) is 0 Å². The van der Waals surface area contributed by atoms with Gasteiger partial charge < -0.3 is 19.3 Å². The molecule has 0 saturated carbocycles. The first-order chi connectivity index (χ1) is 17.3. The van der Waals surface area contributed by atoms with Crippen LogP contribution in [0.3, 0.4) is 0 Å². The van der Waals surface area contributed by atoms with Gasteiger partial charge in [0.2, 0.25) is 11.7 Å². The number of rotatable bonds is 8. The topological polar surface area (TPSA) is 86.5 Å². The number of nitrogens with one attached hydrogen (secondary N) is 1. The summed E-state index contributed by atoms with van der Waals surface area (Å²) in [5, 5.41) is 6.84. The van der Waals surface area contributed by atoms with Crippen LogP contribution in [-0.2, 0) is 12.6 Å². The van der Waals surface area contributed by atoms with Gasteiger partial charge in [-0.15, -0.1) is 0 Å². The summed E-state index contributed by atoms with van der Waals surface area (Å²) in [6.07, 6.45) is -4.17. The van der Waals surface area contributed by atoms with Crippen molar-refractivity contribution in [3.05, 3.63) is 95.4 Å². The minimum absolute atomic E-state index is 0.0701. The van der Waals surface area contributed by atoms with Crippen molar-refractivity contribution in [1.82, 2.24) is 15.5 Å². The number of nitrogens with zero attached hydrogens (tertiary/aromatic N) is 2. The van der Waals surface area contributed by atoms with Crippen LogP contribution in [0.1, 0.15) is 33.4 Å². The van der Waals surface area contributed by atoms with Crippen LogP contribution in [0.25, 0.3) is 11.4 Å². The summed E-state index contributed by atoms with van der Waals surface area (Å²) >= 11 is 0. The monoisotopic (exact) mass is 497 g/mol. The van der Waals surface area contributed by atoms with E-state index in [-0.39, 0.29) is 17.3 Å². The van der Waals surface area contributed by atoms with E-state index in [4.69, 9.17) is 14.0 Å². The van der Waals surface area contributed by atoms with Gasteiger partial charge in [-0.3, -0.25) is 4.79 Å². The molecule has 10 heteroatoms. The van der Waals surface area contributed by atoms with Gasteiger partial charge in [0.05, 0.1) is 19.8 Å². The Balaban J connectivity index is 1.61. The third-order valence-electron chi connectivity index (χ3n) is 5.44. The zero-order chi connectivity index (χ0) is 25.7. The highest BCUT2D eigenvalue weighted by molar-refractivity contribution is 5.94. The molecule has 0 aliphatic carbocycles. The average molecular weight is 497 g/mol. The van der Waals surface area contributed by atoms with Crippen molar-refractivity contribution in [3.8, 4) is 22.9 Å². The molecular formula is C26H22F3N3O4. The number of halogens is 3. The molecule has 1 aromatic heterocycles. The molecule has 0 bridgehead atoms. The second-order valence-electron chi connectivity index (χ2n) is 7.82. The first kappa shape index (κ1) is 24.8. The smallest absolute Gasteiger partial charge is 0.416 e. The normalized spacial score (nSPS) is 12.1. The predicted octanol–water partition coefficient (Wildman–Crippen LogP) is 5.49. The molecule has 1 atom stereocenters. The van der Waals surface area contributed by atoms with Crippen LogP contribution in [-0.4, -0.2) is 30.3 Å². The molecule has 4 aromatic rings. The van der Waals surface area contributed by atoms with Gasteiger partial charge in [0, 0.05) is 17.5 Å². The van der Waals surface area contributed by atoms with Crippen molar-refractivity contribution in [3.63, 3.8) is 0 Å². The van der Waals surface area contributed by atoms with Crippen molar-refractivity contribution < 1.29 is 32.0 Å². The Morgan fingerprint density at radius 3 is 2.31 bits per heavy atom. The van der Waals surface area contributed by atoms with Crippen molar-refractivity contribution in [2.45, 2.75) is 18.6 Å². The zero-order valence-corrected chi connectivity index (χ0v) is 19.4. The molecule has 1 amide bonds. The van der Waals surface area contributed by atoms with Crippen LogP contribution in [0.5, 0.6) is 11.5 Å². The van der Waals surface area contributed by atoms with Gasteiger partial charge >= 0.3 is 6.18 Å². The van der Waals surface area contributed by atoms with E-state index >= 15 is 0 Å². The van der Waals surface area contributed by atoms with Crippen LogP contribution in [0, 0.1) is 0 Å². The highest BCUT2D eigenvalue weighted by Gasteiger charge is 2.30. The van der Waals surface area contributed by atoms with Gasteiger partial charge in [-0.2, -0.15) is 18.2 Å². The predicted molar refractivity (Wildman–Crippen MR) is 125 cm³/mol. The quantitative estimate of drug-likeness (QED) is 0.347. The molecule has 0 fully saturated rings. The lowest BCUT2D eigenvalue weighted by Crippen LogP contribution is -2.30. The van der Waals surface area contributed by atoms with Crippen molar-refractivity contribution in [2.75, 3.05) is 14.2 Å². The van der Waals surface area contributed by atoms with Crippen LogP contribution in [0.4, 0.5) is 13.2 Å². The van der Waals surface area contributed by atoms with Crippen molar-refractivity contribution >= 4 is 5.91 Å². The van der Waals surface area contributed by atoms with Crippen molar-refractivity contribution in [1.29, 1.82) is 0 Å². The first-order valence-electron chi connectivity index (χ1n) is 10.9. The maximum Gasteiger partial charge on any atom is 0.416 e. The molecule has 0 aliphatic rings. The standard InChI is InChI=1S/C26H22F3N3O4/c1-34-21-13-10-18(15-22(21)35-2)23-31-25(36-32-23)20(14-16-6-4-3-5-7-16)30-24(33)17-8-11-19(12-9-17)26(27,28)29/h3-13,15,20H,14H2,1-2H3,(H,30,33)/t20-/m0/s1. The van der Waals surface area contributed by atoms with E-state index in [9.17, 15) is 18.0 Å². The number of carbonyl (C=O) groups is 1. The van der Waals surface area contributed by atoms with Gasteiger partial charge in [-0.25, -0.2) is 0 Å². The highest BCUT2D eigenvalue weighted by atomic mass is 19.4. The maximum atomic E-state index is 12.9. The van der Waals surface area contributed by atoms with Crippen LogP contribution in [0.15, 0.2) is 77.3 Å². The first-order valence-corrected chi connectivity index (χ1v) is 10.9. The lowest BCUT2D eigenvalue weighted by Gasteiger charge is -2.16. The number of carbonyl (C=O) groups excluding carboxylic acids is 1. The number of hydrogen-bond acceptors (Lipinski definition) is 6.